The number of hydrogen-bond acceptors (Lipinski definition) is 9. The lowest BCUT2D eigenvalue weighted by atomic mass is 10.2. The predicted octanol–water partition coefficient (Wildman–Crippen LogP) is 3.18. The van der Waals surface area contributed by atoms with Crippen molar-refractivity contribution < 1.29 is 14.3 Å². The highest BCUT2D eigenvalue weighted by molar-refractivity contribution is 8.27. The molecule has 2 saturated heterocycles. The molecule has 4 aromatic rings. The number of piperazine rings is 1. The summed E-state index contributed by atoms with van der Waals surface area (Å²) in [6, 6.07) is 14.4. The third kappa shape index (κ3) is 4.99. The van der Waals surface area contributed by atoms with E-state index in [0.717, 1.165) is 11.8 Å². The number of fused-ring (bicyclic) bond motifs is 1. The van der Waals surface area contributed by atoms with E-state index in [1.54, 1.807) is 54.9 Å². The number of rotatable bonds is 5. The first kappa shape index (κ1) is 29.4. The highest BCUT2D eigenvalue weighted by atomic mass is 32.2. The summed E-state index contributed by atoms with van der Waals surface area (Å²) in [5, 5.41) is 0. The molecule has 226 valence electrons. The van der Waals surface area contributed by atoms with Gasteiger partial charge in [-0.15, -0.1) is 0 Å². The number of nitrogens with zero attached hydrogens (tertiary/aromatic N) is 7. The summed E-state index contributed by atoms with van der Waals surface area (Å²) in [4.78, 5) is 63.5. The van der Waals surface area contributed by atoms with Gasteiger partial charge in [-0.3, -0.25) is 28.4 Å². The van der Waals surface area contributed by atoms with E-state index in [0.29, 0.717) is 49.0 Å². The van der Waals surface area contributed by atoms with Crippen LogP contribution in [0.2, 0.25) is 0 Å². The van der Waals surface area contributed by atoms with Gasteiger partial charge in [0, 0.05) is 39.4 Å². The first-order valence-corrected chi connectivity index (χ1v) is 15.2. The van der Waals surface area contributed by atoms with E-state index in [1.165, 1.54) is 20.1 Å². The van der Waals surface area contributed by atoms with Gasteiger partial charge in [-0.25, -0.2) is 14.5 Å². The Bertz CT molecular complexity index is 1960. The van der Waals surface area contributed by atoms with Crippen molar-refractivity contribution >= 4 is 63.5 Å². The summed E-state index contributed by atoms with van der Waals surface area (Å²) in [5.74, 6) is -0.0982. The van der Waals surface area contributed by atoms with Crippen LogP contribution in [0.25, 0.3) is 17.4 Å². The molecule has 0 saturated carbocycles. The fourth-order valence-corrected chi connectivity index (χ4v) is 6.63. The summed E-state index contributed by atoms with van der Waals surface area (Å²) in [5.41, 5.74) is 1.29. The Morgan fingerprint density at radius 1 is 1.02 bits per heavy atom. The molecule has 5 heterocycles. The average Bonchev–Trinajstić information content (AvgIpc) is 3.43. The van der Waals surface area contributed by atoms with Crippen LogP contribution in [0, 0.1) is 6.92 Å². The van der Waals surface area contributed by atoms with Crippen LogP contribution in [0.1, 0.15) is 18.2 Å². The van der Waals surface area contributed by atoms with E-state index < -0.39 is 5.91 Å². The second-order valence-corrected chi connectivity index (χ2v) is 11.9. The van der Waals surface area contributed by atoms with Gasteiger partial charge in [0.1, 0.15) is 17.2 Å². The zero-order valence-corrected chi connectivity index (χ0v) is 25.9. The van der Waals surface area contributed by atoms with Gasteiger partial charge in [-0.1, -0.05) is 48.2 Å². The molecule has 12 nitrogen and oxygen atoms in total. The maximum absolute atomic E-state index is 13.9. The summed E-state index contributed by atoms with van der Waals surface area (Å²) >= 11 is 6.65. The van der Waals surface area contributed by atoms with Crippen molar-refractivity contribution in [2.45, 2.75) is 13.8 Å². The van der Waals surface area contributed by atoms with Crippen LogP contribution in [-0.4, -0.2) is 72.8 Å². The number of benzene rings is 1. The van der Waals surface area contributed by atoms with Crippen LogP contribution in [0.4, 0.5) is 16.3 Å². The van der Waals surface area contributed by atoms with Gasteiger partial charge in [0.05, 0.1) is 28.5 Å². The number of hydrogen-bond donors (Lipinski definition) is 0. The largest absolute Gasteiger partial charge is 0.450 e. The first-order chi connectivity index (χ1) is 21.2. The van der Waals surface area contributed by atoms with Crippen molar-refractivity contribution in [2.75, 3.05) is 42.6 Å². The fourth-order valence-electron chi connectivity index (χ4n) is 5.38. The quantitative estimate of drug-likeness (QED) is 0.242. The standard InChI is InChI=1S/C30H29N7O5S2/c1-4-42-29(41)34-16-14-33(15-17-34)25-21(26(38)35-13-9-8-12-23(35)31-25)18-22-27(39)36(30(43)44-22)24-19(2)32(3)37(28(24)40)20-10-6-5-7-11-20/h5-13,18H,4,14-17H2,1-3H3/b22-18+. The molecule has 0 atom stereocenters. The van der Waals surface area contributed by atoms with Crippen molar-refractivity contribution in [1.29, 1.82) is 0 Å². The number of aromatic nitrogens is 4. The zero-order valence-electron chi connectivity index (χ0n) is 24.3. The Labute approximate surface area is 261 Å². The molecule has 2 fully saturated rings. The van der Waals surface area contributed by atoms with Crippen molar-refractivity contribution in [2.24, 2.45) is 7.05 Å². The number of amides is 2. The third-order valence-electron chi connectivity index (χ3n) is 7.67. The molecule has 2 aliphatic rings. The number of thiocarbonyl (C=S) groups is 1. The molecule has 14 heteroatoms. The minimum absolute atomic E-state index is 0.158. The molecular formula is C30H29N7O5S2. The van der Waals surface area contributed by atoms with Gasteiger partial charge in [0.2, 0.25) is 0 Å². The second-order valence-electron chi connectivity index (χ2n) is 10.2. The van der Waals surface area contributed by atoms with Gasteiger partial charge in [0.15, 0.2) is 4.32 Å². The molecule has 0 N–H and O–H groups in total. The monoisotopic (exact) mass is 631 g/mol. The van der Waals surface area contributed by atoms with Crippen LogP contribution >= 0.6 is 24.0 Å². The Balaban J connectivity index is 1.40. The van der Waals surface area contributed by atoms with Gasteiger partial charge >= 0.3 is 6.09 Å². The van der Waals surface area contributed by atoms with E-state index in [4.69, 9.17) is 21.9 Å². The average molecular weight is 632 g/mol. The molecule has 0 bridgehead atoms. The topological polar surface area (TPSA) is 114 Å². The molecule has 44 heavy (non-hydrogen) atoms. The van der Waals surface area contributed by atoms with E-state index in [1.807, 2.05) is 35.2 Å². The van der Waals surface area contributed by atoms with Gasteiger partial charge in [-0.05, 0) is 44.2 Å². The number of carbonyl (C=O) groups is 2. The van der Waals surface area contributed by atoms with Crippen molar-refractivity contribution in [3.05, 3.63) is 91.6 Å². The summed E-state index contributed by atoms with van der Waals surface area (Å²) in [7, 11) is 1.75. The molecule has 6 rings (SSSR count). The minimum atomic E-state index is -0.498. The summed E-state index contributed by atoms with van der Waals surface area (Å²) < 4.78 is 9.92. The molecule has 2 aliphatic heterocycles. The minimum Gasteiger partial charge on any atom is -0.450 e. The lowest BCUT2D eigenvalue weighted by Gasteiger charge is -2.35. The summed E-state index contributed by atoms with van der Waals surface area (Å²) in [6.07, 6.45) is 2.75. The molecule has 0 radical (unpaired) electrons. The Morgan fingerprint density at radius 3 is 2.43 bits per heavy atom. The lowest BCUT2D eigenvalue weighted by Crippen LogP contribution is -2.49. The number of para-hydroxylation sites is 1. The van der Waals surface area contributed by atoms with Gasteiger partial charge < -0.3 is 14.5 Å². The van der Waals surface area contributed by atoms with Crippen LogP contribution in [0.3, 0.4) is 0 Å². The third-order valence-corrected chi connectivity index (χ3v) is 8.97. The Morgan fingerprint density at radius 2 is 1.73 bits per heavy atom. The Hall–Kier alpha value is -4.69. The maximum atomic E-state index is 13.9. The smallest absolute Gasteiger partial charge is 0.409 e. The second kappa shape index (κ2) is 11.8. The van der Waals surface area contributed by atoms with Crippen molar-refractivity contribution in [1.82, 2.24) is 23.6 Å². The SMILES string of the molecule is CCOC(=O)N1CCN(c2nc3ccccn3c(=O)c2/C=C2/SC(=S)N(c3c(C)n(C)n(-c4ccccc4)c3=O)C2=O)CC1. The summed E-state index contributed by atoms with van der Waals surface area (Å²) in [6.45, 7) is 5.40. The van der Waals surface area contributed by atoms with Crippen LogP contribution < -0.4 is 20.9 Å². The van der Waals surface area contributed by atoms with Crippen molar-refractivity contribution in [3.63, 3.8) is 0 Å². The van der Waals surface area contributed by atoms with E-state index in [2.05, 4.69) is 0 Å². The molecule has 0 unspecified atom stereocenters. The van der Waals surface area contributed by atoms with Crippen molar-refractivity contribution in [3.8, 4) is 5.69 Å². The molecule has 0 aliphatic carbocycles. The molecule has 1 aromatic carbocycles. The number of anilines is 2. The number of carbonyl (C=O) groups excluding carboxylic acids is 2. The van der Waals surface area contributed by atoms with Gasteiger partial charge in [0.25, 0.3) is 17.0 Å². The maximum Gasteiger partial charge on any atom is 0.409 e. The molecule has 2 amide bonds. The van der Waals surface area contributed by atoms with Gasteiger partial charge in [-0.2, -0.15) is 0 Å². The number of thioether (sulfide) groups is 1. The number of ether oxygens (including phenoxy) is 1. The Kier molecular flexibility index (Phi) is 7.86. The first-order valence-electron chi connectivity index (χ1n) is 14.0. The predicted molar refractivity (Wildman–Crippen MR) is 174 cm³/mol. The normalized spacial score (nSPS) is 16.4. The zero-order chi connectivity index (χ0) is 31.1. The van der Waals surface area contributed by atoms with E-state index >= 15 is 0 Å². The molecular weight excluding hydrogens is 603 g/mol. The van der Waals surface area contributed by atoms with E-state index in [-0.39, 0.29) is 44.3 Å². The van der Waals surface area contributed by atoms with Crippen LogP contribution in [-0.2, 0) is 16.6 Å². The van der Waals surface area contributed by atoms with Crippen LogP contribution in [0.5, 0.6) is 0 Å². The van der Waals surface area contributed by atoms with E-state index in [9.17, 15) is 19.2 Å². The highest BCUT2D eigenvalue weighted by Crippen LogP contribution is 2.37. The molecule has 3 aromatic heterocycles. The highest BCUT2D eigenvalue weighted by Gasteiger charge is 2.38. The lowest BCUT2D eigenvalue weighted by molar-refractivity contribution is -0.113. The number of pyridine rings is 1. The van der Waals surface area contributed by atoms with Crippen LogP contribution in [0.15, 0.2) is 69.2 Å². The fraction of sp³-hybridized carbons (Fsp3) is 0.267. The molecule has 0 spiro atoms.